The molecule has 4 aromatic carbocycles. The van der Waals surface area contributed by atoms with Crippen LogP contribution >= 0.6 is 0 Å². The summed E-state index contributed by atoms with van der Waals surface area (Å²) in [6.45, 7) is 13.2. The Kier molecular flexibility index (Phi) is 13.7. The summed E-state index contributed by atoms with van der Waals surface area (Å²) in [6, 6.07) is 38.3. The van der Waals surface area contributed by atoms with Gasteiger partial charge in [-0.15, -0.1) is 0 Å². The van der Waals surface area contributed by atoms with E-state index in [2.05, 4.69) is 9.97 Å². The van der Waals surface area contributed by atoms with E-state index in [9.17, 15) is 19.2 Å². The van der Waals surface area contributed by atoms with E-state index in [0.29, 0.717) is 59.9 Å². The predicted octanol–water partition coefficient (Wildman–Crippen LogP) is 6.89. The Morgan fingerprint density at radius 2 is 0.893 bits per heavy atom. The van der Waals surface area contributed by atoms with E-state index >= 15 is 0 Å². The second kappa shape index (κ2) is 19.0. The van der Waals surface area contributed by atoms with Gasteiger partial charge in [-0.25, -0.2) is 28.7 Å². The Labute approximate surface area is 324 Å². The summed E-state index contributed by atoms with van der Waals surface area (Å²) in [5, 5.41) is 0. The van der Waals surface area contributed by atoms with E-state index in [4.69, 9.17) is 0 Å². The summed E-state index contributed by atoms with van der Waals surface area (Å²) in [5.74, 6) is 0. The van der Waals surface area contributed by atoms with Gasteiger partial charge in [0.25, 0.3) is 11.1 Å². The van der Waals surface area contributed by atoms with Gasteiger partial charge in [0, 0.05) is 19.6 Å². The van der Waals surface area contributed by atoms with Crippen molar-refractivity contribution in [3.63, 3.8) is 0 Å². The highest BCUT2D eigenvalue weighted by Crippen LogP contribution is 2.16. The number of benzene rings is 4. The first-order chi connectivity index (χ1) is 27.4. The Morgan fingerprint density at radius 1 is 0.482 bits per heavy atom. The summed E-state index contributed by atoms with van der Waals surface area (Å²) in [5.41, 5.74) is 3.75. The molecule has 8 aromatic rings. The van der Waals surface area contributed by atoms with E-state index in [1.54, 1.807) is 35.6 Å². The van der Waals surface area contributed by atoms with E-state index in [1.807, 2.05) is 154 Å². The van der Waals surface area contributed by atoms with E-state index in [-0.39, 0.29) is 22.5 Å². The maximum atomic E-state index is 13.0. The fraction of sp³-hybridized carbons (Fsp3) is 0.227. The standard InChI is InChI=1S/2C20H18N4O2.2C2H6/c1-2-23-19(25)17-18(24(20(23)26)16-11-7-4-8-12-16)21-14-22(17)13-15-9-5-3-6-10-15;1-2-23-19(25)17-18(24(20(23)26)16-11-7-4-8-12-16)22(14-21-17)13-15-9-5-3-6-10-15;2*1-2/h2*3-12,14H,2,13H2,1H3;2*1-2H3. The molecule has 0 bridgehead atoms. The third-order valence-corrected chi connectivity index (χ3v) is 8.84. The molecule has 0 N–H and O–H groups in total. The molecule has 0 fully saturated rings. The van der Waals surface area contributed by atoms with Crippen molar-refractivity contribution >= 4 is 22.3 Å². The lowest BCUT2D eigenvalue weighted by Gasteiger charge is -2.13. The van der Waals surface area contributed by atoms with Crippen LogP contribution in [0.3, 0.4) is 0 Å². The van der Waals surface area contributed by atoms with Crippen molar-refractivity contribution in [1.82, 2.24) is 37.4 Å². The number of para-hydroxylation sites is 2. The molecule has 0 spiro atoms. The molecule has 288 valence electrons. The minimum Gasteiger partial charge on any atom is -0.320 e. The molecule has 0 aliphatic rings. The lowest BCUT2D eigenvalue weighted by molar-refractivity contribution is 0.653. The maximum absolute atomic E-state index is 13.0. The number of rotatable bonds is 8. The molecular formula is C44H48N8O4. The molecule has 0 radical (unpaired) electrons. The number of nitrogens with zero attached hydrogens (tertiary/aromatic N) is 8. The first-order valence-electron chi connectivity index (χ1n) is 19.0. The van der Waals surface area contributed by atoms with Crippen LogP contribution in [-0.2, 0) is 26.2 Å². The van der Waals surface area contributed by atoms with E-state index in [0.717, 1.165) is 11.1 Å². The van der Waals surface area contributed by atoms with E-state index < -0.39 is 0 Å². The van der Waals surface area contributed by atoms with Gasteiger partial charge in [0.2, 0.25) is 0 Å². The van der Waals surface area contributed by atoms with Gasteiger partial charge in [-0.3, -0.25) is 18.7 Å². The Hall–Kier alpha value is -6.82. The molecule has 0 amide bonds. The summed E-state index contributed by atoms with van der Waals surface area (Å²) in [7, 11) is 0. The highest BCUT2D eigenvalue weighted by Gasteiger charge is 2.20. The summed E-state index contributed by atoms with van der Waals surface area (Å²) < 4.78 is 9.18. The summed E-state index contributed by atoms with van der Waals surface area (Å²) >= 11 is 0. The largest absolute Gasteiger partial charge is 0.337 e. The topological polar surface area (TPSA) is 124 Å². The molecule has 4 heterocycles. The molecule has 12 nitrogen and oxygen atoms in total. The van der Waals surface area contributed by atoms with Gasteiger partial charge < -0.3 is 9.13 Å². The van der Waals surface area contributed by atoms with Gasteiger partial charge in [0.15, 0.2) is 22.3 Å². The highest BCUT2D eigenvalue weighted by atomic mass is 16.2. The quantitative estimate of drug-likeness (QED) is 0.167. The molecule has 4 aromatic heterocycles. The molecule has 0 aliphatic carbocycles. The normalized spacial score (nSPS) is 10.5. The van der Waals surface area contributed by atoms with Crippen molar-refractivity contribution in [2.45, 2.75) is 67.7 Å². The molecular weight excluding hydrogens is 705 g/mol. The van der Waals surface area contributed by atoms with Crippen molar-refractivity contribution in [3.05, 3.63) is 187 Å². The molecule has 0 aliphatic heterocycles. The first-order valence-corrected chi connectivity index (χ1v) is 19.0. The maximum Gasteiger partial charge on any atom is 0.337 e. The Morgan fingerprint density at radius 3 is 1.39 bits per heavy atom. The van der Waals surface area contributed by atoms with Gasteiger partial charge in [0.1, 0.15) is 0 Å². The van der Waals surface area contributed by atoms with Crippen molar-refractivity contribution < 1.29 is 0 Å². The monoisotopic (exact) mass is 752 g/mol. The molecule has 0 atom stereocenters. The zero-order valence-corrected chi connectivity index (χ0v) is 32.7. The van der Waals surface area contributed by atoms with Crippen molar-refractivity contribution in [2.24, 2.45) is 0 Å². The van der Waals surface area contributed by atoms with Crippen LogP contribution in [0, 0.1) is 0 Å². The summed E-state index contributed by atoms with van der Waals surface area (Å²) in [6.07, 6.45) is 3.25. The van der Waals surface area contributed by atoms with Crippen molar-refractivity contribution in [2.75, 3.05) is 0 Å². The lowest BCUT2D eigenvalue weighted by atomic mass is 10.2. The second-order valence-corrected chi connectivity index (χ2v) is 12.1. The minimum absolute atomic E-state index is 0.297. The molecule has 0 saturated heterocycles. The van der Waals surface area contributed by atoms with Crippen LogP contribution in [0.25, 0.3) is 33.7 Å². The predicted molar refractivity (Wildman–Crippen MR) is 224 cm³/mol. The first kappa shape index (κ1) is 40.4. The number of hydrogen-bond acceptors (Lipinski definition) is 6. The zero-order valence-electron chi connectivity index (χ0n) is 32.7. The van der Waals surface area contributed by atoms with Crippen LogP contribution in [0.4, 0.5) is 0 Å². The van der Waals surface area contributed by atoms with Crippen LogP contribution in [-0.4, -0.2) is 37.4 Å². The van der Waals surface area contributed by atoms with Crippen LogP contribution in [0.2, 0.25) is 0 Å². The SMILES string of the molecule is CC.CC.CCn1c(=O)c2c(ncn2Cc2ccccc2)n(-c2ccccc2)c1=O.CCn1c(=O)c2ncn(Cc3ccccc3)c2n(-c2ccccc2)c1=O. The van der Waals surface area contributed by atoms with Crippen LogP contribution in [0.15, 0.2) is 153 Å². The minimum atomic E-state index is -0.374. The third-order valence-electron chi connectivity index (χ3n) is 8.84. The third kappa shape index (κ3) is 8.14. The Balaban J connectivity index is 0.000000197. The molecule has 0 saturated carbocycles. The second-order valence-electron chi connectivity index (χ2n) is 12.1. The molecule has 0 unspecified atom stereocenters. The smallest absolute Gasteiger partial charge is 0.320 e. The average molecular weight is 753 g/mol. The number of hydrogen-bond donors (Lipinski definition) is 0. The van der Waals surface area contributed by atoms with Gasteiger partial charge >= 0.3 is 11.4 Å². The van der Waals surface area contributed by atoms with E-state index in [1.165, 1.54) is 13.7 Å². The lowest BCUT2D eigenvalue weighted by Crippen LogP contribution is -2.39. The van der Waals surface area contributed by atoms with Crippen molar-refractivity contribution in [3.8, 4) is 11.4 Å². The molecule has 56 heavy (non-hydrogen) atoms. The van der Waals surface area contributed by atoms with Crippen molar-refractivity contribution in [1.29, 1.82) is 0 Å². The summed E-state index contributed by atoms with van der Waals surface area (Å²) in [4.78, 5) is 60.3. The Bertz CT molecular complexity index is 2730. The molecule has 12 heteroatoms. The van der Waals surface area contributed by atoms with Crippen LogP contribution in [0.5, 0.6) is 0 Å². The fourth-order valence-electron chi connectivity index (χ4n) is 6.34. The van der Waals surface area contributed by atoms with Crippen LogP contribution < -0.4 is 22.5 Å². The number of aromatic nitrogens is 8. The highest BCUT2D eigenvalue weighted by molar-refractivity contribution is 5.73. The van der Waals surface area contributed by atoms with Crippen LogP contribution in [0.1, 0.15) is 52.7 Å². The fourth-order valence-corrected chi connectivity index (χ4v) is 6.34. The number of imidazole rings is 2. The van der Waals surface area contributed by atoms with Gasteiger partial charge in [-0.2, -0.15) is 0 Å². The number of fused-ring (bicyclic) bond motifs is 2. The van der Waals surface area contributed by atoms with Gasteiger partial charge in [-0.05, 0) is 49.2 Å². The molecule has 8 rings (SSSR count). The van der Waals surface area contributed by atoms with Gasteiger partial charge in [-0.1, -0.05) is 125 Å². The van der Waals surface area contributed by atoms with Gasteiger partial charge in [0.05, 0.1) is 30.6 Å². The average Bonchev–Trinajstić information content (AvgIpc) is 3.86. The zero-order chi connectivity index (χ0) is 40.2.